The maximum Gasteiger partial charge on any atom is 0.245 e. The minimum atomic E-state index is -1.25. The standard InChI is InChI=1S/C42H67N5O8S/c1-10-25(3)36-40(52)47-19-11-12-32(47)41(53)55-34(42(6,7)8)21-24(2)20-33(48)26(4)39-44-29(23-56-39)15-18-35(49)45-31(38(51)43-27(5)37(50)46-36)22-28-13-16-30(54-9)17-14-28/h13-14,16-17,24-27,29,31-34,36,41,48,53H,10-12,15,18-23H2,1-9H3,(H,43,51)(H,45,49)(H,46,50)/t24-,25-,26+,27-,29+,31-,32-,33-,34-,36-,41?/m0/s1. The summed E-state index contributed by atoms with van der Waals surface area (Å²) in [6.45, 7) is 16.0. The van der Waals surface area contributed by atoms with Gasteiger partial charge in [0, 0.05) is 31.1 Å². The van der Waals surface area contributed by atoms with Crippen LogP contribution in [0.2, 0.25) is 0 Å². The Morgan fingerprint density at radius 1 is 1.00 bits per heavy atom. The third kappa shape index (κ3) is 12.4. The number of amides is 4. The lowest BCUT2D eigenvalue weighted by atomic mass is 9.81. The molecule has 1 aromatic rings. The van der Waals surface area contributed by atoms with Crippen molar-refractivity contribution in [3.05, 3.63) is 29.8 Å². The summed E-state index contributed by atoms with van der Waals surface area (Å²) in [6, 6.07) is 3.60. The van der Waals surface area contributed by atoms with Crippen LogP contribution in [-0.2, 0) is 30.3 Å². The zero-order valence-electron chi connectivity index (χ0n) is 34.9. The van der Waals surface area contributed by atoms with Gasteiger partial charge in [0.15, 0.2) is 6.29 Å². The molecule has 56 heavy (non-hydrogen) atoms. The van der Waals surface area contributed by atoms with Gasteiger partial charge in [0.1, 0.15) is 23.9 Å². The van der Waals surface area contributed by atoms with Gasteiger partial charge in [-0.25, -0.2) is 0 Å². The number of methoxy groups -OCH3 is 1. The molecule has 0 spiro atoms. The van der Waals surface area contributed by atoms with E-state index in [1.807, 2.05) is 32.9 Å². The molecule has 1 aromatic carbocycles. The molecular formula is C42H67N5O8S. The number of aliphatic imine (C=N–C) groups is 1. The van der Waals surface area contributed by atoms with Gasteiger partial charge >= 0.3 is 0 Å². The fourth-order valence-corrected chi connectivity index (χ4v) is 8.85. The average molecular weight is 802 g/mol. The van der Waals surface area contributed by atoms with Gasteiger partial charge in [-0.1, -0.05) is 67.0 Å². The van der Waals surface area contributed by atoms with Crippen molar-refractivity contribution in [3.63, 3.8) is 0 Å². The number of nitrogens with zero attached hydrogens (tertiary/aromatic N) is 2. The molecule has 4 rings (SSSR count). The lowest BCUT2D eigenvalue weighted by Crippen LogP contribution is -2.59. The number of benzene rings is 1. The number of hydrogen-bond acceptors (Lipinski definition) is 10. The first-order valence-corrected chi connectivity index (χ1v) is 21.5. The highest BCUT2D eigenvalue weighted by Gasteiger charge is 2.42. The Bertz CT molecular complexity index is 1520. The van der Waals surface area contributed by atoms with Crippen LogP contribution in [0.25, 0.3) is 0 Å². The van der Waals surface area contributed by atoms with E-state index in [-0.39, 0.29) is 60.0 Å². The topological polar surface area (TPSA) is 179 Å². The van der Waals surface area contributed by atoms with E-state index < -0.39 is 48.4 Å². The molecule has 0 radical (unpaired) electrons. The van der Waals surface area contributed by atoms with Crippen LogP contribution in [0.3, 0.4) is 0 Å². The Labute approximate surface area is 337 Å². The van der Waals surface area contributed by atoms with Gasteiger partial charge < -0.3 is 40.5 Å². The summed E-state index contributed by atoms with van der Waals surface area (Å²) in [6.07, 6.45) is 1.48. The highest BCUT2D eigenvalue weighted by atomic mass is 32.2. The molecule has 3 aliphatic rings. The number of nitrogens with one attached hydrogen (secondary N) is 3. The van der Waals surface area contributed by atoms with E-state index in [1.165, 1.54) is 0 Å². The van der Waals surface area contributed by atoms with E-state index in [0.717, 1.165) is 10.6 Å². The molecule has 0 saturated carbocycles. The van der Waals surface area contributed by atoms with Crippen LogP contribution in [0.1, 0.15) is 106 Å². The molecular weight excluding hydrogens is 735 g/mol. The Hall–Kier alpha value is -3.20. The van der Waals surface area contributed by atoms with E-state index in [9.17, 15) is 29.4 Å². The predicted octanol–water partition coefficient (Wildman–Crippen LogP) is 4.22. The van der Waals surface area contributed by atoms with Crippen molar-refractivity contribution < 1.29 is 38.9 Å². The number of rotatable bonds is 5. The van der Waals surface area contributed by atoms with Crippen molar-refractivity contribution in [1.82, 2.24) is 20.9 Å². The molecule has 14 heteroatoms. The zero-order valence-corrected chi connectivity index (χ0v) is 35.7. The van der Waals surface area contributed by atoms with Crippen LogP contribution in [0.15, 0.2) is 29.3 Å². The maximum atomic E-state index is 14.3. The minimum absolute atomic E-state index is 0.0559. The normalized spacial score (nSPS) is 32.9. The van der Waals surface area contributed by atoms with E-state index in [1.54, 1.807) is 42.8 Å². The first kappa shape index (κ1) is 45.5. The van der Waals surface area contributed by atoms with Crippen molar-refractivity contribution >= 4 is 40.4 Å². The molecule has 13 nitrogen and oxygen atoms in total. The van der Waals surface area contributed by atoms with Crippen LogP contribution < -0.4 is 20.7 Å². The number of fused-ring (bicyclic) bond motifs is 2. The Morgan fingerprint density at radius 2 is 1.70 bits per heavy atom. The molecule has 1 fully saturated rings. The minimum Gasteiger partial charge on any atom is -0.497 e. The second-order valence-corrected chi connectivity index (χ2v) is 18.3. The molecule has 0 aliphatic carbocycles. The van der Waals surface area contributed by atoms with E-state index in [0.29, 0.717) is 56.6 Å². The molecule has 314 valence electrons. The molecule has 1 unspecified atom stereocenters. The van der Waals surface area contributed by atoms with Crippen molar-refractivity contribution in [2.75, 3.05) is 19.4 Å². The summed E-state index contributed by atoms with van der Waals surface area (Å²) >= 11 is 1.61. The summed E-state index contributed by atoms with van der Waals surface area (Å²) in [7, 11) is 1.57. The van der Waals surface area contributed by atoms with Crippen molar-refractivity contribution in [2.45, 2.75) is 155 Å². The second-order valence-electron chi connectivity index (χ2n) is 17.3. The molecule has 11 atom stereocenters. The molecule has 3 aliphatic heterocycles. The first-order chi connectivity index (χ1) is 26.4. The predicted molar refractivity (Wildman–Crippen MR) is 219 cm³/mol. The van der Waals surface area contributed by atoms with Crippen LogP contribution in [0.5, 0.6) is 5.75 Å². The SMILES string of the molecule is CC[C@H](C)[C@@H]1NC(=O)[C@H](C)NC(=O)[C@H](Cc2ccc(OC)cc2)NC(=O)CC[C@@H]2CSC(=N2)[C@H](C)[C@@H](O)C[C@H](C)C[C@@H](C(C)(C)C)OC(O)[C@@H]2CCCN2C1=O. The summed E-state index contributed by atoms with van der Waals surface area (Å²) in [5.41, 5.74) is 0.452. The first-order valence-electron chi connectivity index (χ1n) is 20.5. The highest BCUT2D eigenvalue weighted by molar-refractivity contribution is 8.14. The van der Waals surface area contributed by atoms with Crippen LogP contribution in [-0.4, -0.2) is 112 Å². The third-order valence-electron chi connectivity index (χ3n) is 11.6. The largest absolute Gasteiger partial charge is 0.497 e. The number of aliphatic hydroxyl groups excluding tert-OH is 2. The summed E-state index contributed by atoms with van der Waals surface area (Å²) < 4.78 is 11.7. The molecule has 2 bridgehead atoms. The number of carbonyl (C=O) groups is 4. The molecule has 3 heterocycles. The fraction of sp³-hybridized carbons (Fsp3) is 0.738. The molecule has 0 aromatic heterocycles. The number of carbonyl (C=O) groups excluding carboxylic acids is 4. The van der Waals surface area contributed by atoms with E-state index >= 15 is 0 Å². The average Bonchev–Trinajstić information content (AvgIpc) is 3.85. The molecule has 4 amide bonds. The van der Waals surface area contributed by atoms with Gasteiger partial charge in [0.05, 0.1) is 36.4 Å². The lowest BCUT2D eigenvalue weighted by molar-refractivity contribution is -0.197. The summed E-state index contributed by atoms with van der Waals surface area (Å²) in [5, 5.41) is 32.4. The van der Waals surface area contributed by atoms with E-state index in [4.69, 9.17) is 14.5 Å². The van der Waals surface area contributed by atoms with Gasteiger partial charge in [0.25, 0.3) is 0 Å². The monoisotopic (exact) mass is 801 g/mol. The maximum absolute atomic E-state index is 14.3. The van der Waals surface area contributed by atoms with Crippen LogP contribution >= 0.6 is 11.8 Å². The Kier molecular flexibility index (Phi) is 16.6. The van der Waals surface area contributed by atoms with Crippen LogP contribution in [0.4, 0.5) is 0 Å². The quantitative estimate of drug-likeness (QED) is 0.292. The zero-order chi connectivity index (χ0) is 41.3. The Balaban J connectivity index is 1.63. The number of ether oxygens (including phenoxy) is 2. The highest BCUT2D eigenvalue weighted by Crippen LogP contribution is 2.34. The molecule has 1 saturated heterocycles. The lowest BCUT2D eigenvalue weighted by Gasteiger charge is -2.39. The van der Waals surface area contributed by atoms with E-state index in [2.05, 4.69) is 43.6 Å². The fourth-order valence-electron chi connectivity index (χ4n) is 7.60. The van der Waals surface area contributed by atoms with Gasteiger partial charge in [-0.15, -0.1) is 11.8 Å². The summed E-state index contributed by atoms with van der Waals surface area (Å²) in [5.74, 6) is -0.697. The number of aliphatic hydroxyl groups is 2. The number of thioether (sulfide) groups is 1. The third-order valence-corrected chi connectivity index (χ3v) is 12.9. The van der Waals surface area contributed by atoms with Crippen LogP contribution in [0, 0.1) is 23.2 Å². The summed E-state index contributed by atoms with van der Waals surface area (Å²) in [4.78, 5) is 61.7. The van der Waals surface area contributed by atoms with Gasteiger partial charge in [0.2, 0.25) is 23.6 Å². The van der Waals surface area contributed by atoms with Crippen molar-refractivity contribution in [3.8, 4) is 5.75 Å². The molecule has 5 N–H and O–H groups in total. The van der Waals surface area contributed by atoms with Crippen molar-refractivity contribution in [1.29, 1.82) is 0 Å². The van der Waals surface area contributed by atoms with Crippen molar-refractivity contribution in [2.24, 2.45) is 28.2 Å². The van der Waals surface area contributed by atoms with Gasteiger partial charge in [-0.2, -0.15) is 0 Å². The smallest absolute Gasteiger partial charge is 0.245 e. The second kappa shape index (κ2) is 20.5. The Morgan fingerprint density at radius 3 is 2.34 bits per heavy atom. The van der Waals surface area contributed by atoms with Gasteiger partial charge in [-0.3, -0.25) is 24.2 Å². The number of hydrogen-bond donors (Lipinski definition) is 5. The van der Waals surface area contributed by atoms with Gasteiger partial charge in [-0.05, 0) is 74.0 Å².